The molecule has 0 aliphatic heterocycles. The van der Waals surface area contributed by atoms with Crippen molar-refractivity contribution in [3.8, 4) is 0 Å². The molecule has 1 aliphatic rings. The van der Waals surface area contributed by atoms with Crippen LogP contribution >= 0.6 is 0 Å². The maximum atomic E-state index is 9.04. The van der Waals surface area contributed by atoms with E-state index in [0.717, 1.165) is 12.8 Å². The summed E-state index contributed by atoms with van der Waals surface area (Å²) in [5.74, 6) is 0. The molecule has 0 bridgehead atoms. The molecule has 0 aromatic carbocycles. The highest BCUT2D eigenvalue weighted by atomic mass is 16.5. The van der Waals surface area contributed by atoms with E-state index in [1.807, 2.05) is 0 Å². The van der Waals surface area contributed by atoms with Crippen molar-refractivity contribution in [1.82, 2.24) is 0 Å². The second-order valence-corrected chi connectivity index (χ2v) is 5.02. The SMILES string of the molecule is CO[C@H]1CC[C@](C)(CCO)C1(C)C. The van der Waals surface area contributed by atoms with Crippen LogP contribution in [0.3, 0.4) is 0 Å². The number of aliphatic hydroxyl groups excluding tert-OH is 1. The minimum atomic E-state index is 0.185. The van der Waals surface area contributed by atoms with E-state index in [1.165, 1.54) is 6.42 Å². The average molecular weight is 186 g/mol. The van der Waals surface area contributed by atoms with E-state index in [9.17, 15) is 0 Å². The molecule has 1 aliphatic carbocycles. The molecule has 0 unspecified atom stereocenters. The second kappa shape index (κ2) is 3.58. The standard InChI is InChI=1S/C11H22O2/c1-10(2)9(13-4)5-6-11(10,3)7-8-12/h9,12H,5-8H2,1-4H3/t9-,11+/m0/s1. The van der Waals surface area contributed by atoms with Crippen LogP contribution in [0.5, 0.6) is 0 Å². The van der Waals surface area contributed by atoms with Crippen LogP contribution in [0.2, 0.25) is 0 Å². The summed E-state index contributed by atoms with van der Waals surface area (Å²) in [6.45, 7) is 7.06. The average Bonchev–Trinajstić information content (AvgIpc) is 2.25. The molecular formula is C11H22O2. The molecule has 1 N–H and O–H groups in total. The van der Waals surface area contributed by atoms with Crippen LogP contribution in [0.15, 0.2) is 0 Å². The Bertz CT molecular complexity index is 174. The molecule has 1 fully saturated rings. The summed E-state index contributed by atoms with van der Waals surface area (Å²) >= 11 is 0. The van der Waals surface area contributed by atoms with Crippen molar-refractivity contribution in [2.45, 2.75) is 46.1 Å². The number of hydrogen-bond donors (Lipinski definition) is 1. The maximum absolute atomic E-state index is 9.04. The van der Waals surface area contributed by atoms with Gasteiger partial charge in [0.2, 0.25) is 0 Å². The van der Waals surface area contributed by atoms with E-state index in [-0.39, 0.29) is 17.4 Å². The zero-order chi connectivity index (χ0) is 10.1. The highest BCUT2D eigenvalue weighted by Crippen LogP contribution is 2.55. The lowest BCUT2D eigenvalue weighted by atomic mass is 9.67. The lowest BCUT2D eigenvalue weighted by Crippen LogP contribution is -2.38. The number of ether oxygens (including phenoxy) is 1. The molecule has 0 amide bonds. The summed E-state index contributed by atoms with van der Waals surface area (Å²) in [5, 5.41) is 9.04. The summed E-state index contributed by atoms with van der Waals surface area (Å²) in [5.41, 5.74) is 0.424. The third-order valence-corrected chi connectivity index (χ3v) is 4.27. The van der Waals surface area contributed by atoms with Gasteiger partial charge in [0, 0.05) is 13.7 Å². The fourth-order valence-electron chi connectivity index (χ4n) is 2.63. The summed E-state index contributed by atoms with van der Waals surface area (Å²) in [7, 11) is 1.79. The van der Waals surface area contributed by atoms with E-state index in [0.29, 0.717) is 6.10 Å². The van der Waals surface area contributed by atoms with Crippen molar-refractivity contribution in [2.75, 3.05) is 13.7 Å². The third kappa shape index (κ3) is 1.62. The van der Waals surface area contributed by atoms with Crippen LogP contribution in [0.4, 0.5) is 0 Å². The molecule has 0 saturated heterocycles. The molecule has 2 atom stereocenters. The lowest BCUT2D eigenvalue weighted by Gasteiger charge is -2.41. The van der Waals surface area contributed by atoms with Gasteiger partial charge < -0.3 is 9.84 Å². The molecule has 2 heteroatoms. The molecule has 78 valence electrons. The molecule has 0 heterocycles. The van der Waals surface area contributed by atoms with Crippen LogP contribution in [0.1, 0.15) is 40.0 Å². The maximum Gasteiger partial charge on any atom is 0.0627 e. The minimum Gasteiger partial charge on any atom is -0.396 e. The van der Waals surface area contributed by atoms with Crippen molar-refractivity contribution in [1.29, 1.82) is 0 Å². The molecule has 0 aromatic heterocycles. The number of rotatable bonds is 3. The zero-order valence-corrected chi connectivity index (χ0v) is 9.26. The van der Waals surface area contributed by atoms with Gasteiger partial charge in [-0.05, 0) is 30.1 Å². The summed E-state index contributed by atoms with van der Waals surface area (Å²) in [6.07, 6.45) is 3.53. The van der Waals surface area contributed by atoms with E-state index in [1.54, 1.807) is 7.11 Å². The quantitative estimate of drug-likeness (QED) is 0.732. The normalized spacial score (nSPS) is 38.1. The van der Waals surface area contributed by atoms with Gasteiger partial charge in [-0.1, -0.05) is 20.8 Å². The Balaban J connectivity index is 2.79. The Hall–Kier alpha value is -0.0800. The molecule has 2 nitrogen and oxygen atoms in total. The van der Waals surface area contributed by atoms with Crippen molar-refractivity contribution in [2.24, 2.45) is 10.8 Å². The number of methoxy groups -OCH3 is 1. The summed E-state index contributed by atoms with van der Waals surface area (Å²) < 4.78 is 5.49. The molecule has 13 heavy (non-hydrogen) atoms. The predicted molar refractivity (Wildman–Crippen MR) is 53.6 cm³/mol. The van der Waals surface area contributed by atoms with Crippen LogP contribution in [0.25, 0.3) is 0 Å². The van der Waals surface area contributed by atoms with Crippen LogP contribution < -0.4 is 0 Å². The van der Waals surface area contributed by atoms with Crippen LogP contribution in [0, 0.1) is 10.8 Å². The first-order valence-electron chi connectivity index (χ1n) is 5.11. The Morgan fingerprint density at radius 2 is 2.00 bits per heavy atom. The van der Waals surface area contributed by atoms with Gasteiger partial charge in [-0.3, -0.25) is 0 Å². The van der Waals surface area contributed by atoms with Crippen molar-refractivity contribution >= 4 is 0 Å². The summed E-state index contributed by atoms with van der Waals surface area (Å²) in [4.78, 5) is 0. The van der Waals surface area contributed by atoms with Gasteiger partial charge >= 0.3 is 0 Å². The van der Waals surface area contributed by atoms with E-state index >= 15 is 0 Å². The molecular weight excluding hydrogens is 164 g/mol. The third-order valence-electron chi connectivity index (χ3n) is 4.27. The van der Waals surface area contributed by atoms with Gasteiger partial charge in [-0.2, -0.15) is 0 Å². The van der Waals surface area contributed by atoms with E-state index in [2.05, 4.69) is 20.8 Å². The Morgan fingerprint density at radius 3 is 2.38 bits per heavy atom. The van der Waals surface area contributed by atoms with E-state index < -0.39 is 0 Å². The van der Waals surface area contributed by atoms with Gasteiger partial charge in [0.25, 0.3) is 0 Å². The molecule has 0 aromatic rings. The van der Waals surface area contributed by atoms with Gasteiger partial charge in [-0.15, -0.1) is 0 Å². The van der Waals surface area contributed by atoms with Gasteiger partial charge in [0.05, 0.1) is 6.10 Å². The monoisotopic (exact) mass is 186 g/mol. The first-order valence-corrected chi connectivity index (χ1v) is 5.11. The van der Waals surface area contributed by atoms with Crippen LogP contribution in [-0.2, 0) is 4.74 Å². The highest BCUT2D eigenvalue weighted by Gasteiger charge is 2.51. The lowest BCUT2D eigenvalue weighted by molar-refractivity contribution is -0.0260. The molecule has 1 rings (SSSR count). The summed E-state index contributed by atoms with van der Waals surface area (Å²) in [6, 6.07) is 0. The second-order valence-electron chi connectivity index (χ2n) is 5.02. The Labute approximate surface area is 81.3 Å². The smallest absolute Gasteiger partial charge is 0.0627 e. The minimum absolute atomic E-state index is 0.185. The fraction of sp³-hybridized carbons (Fsp3) is 1.00. The first-order chi connectivity index (χ1) is 5.98. The fourth-order valence-corrected chi connectivity index (χ4v) is 2.63. The largest absolute Gasteiger partial charge is 0.396 e. The van der Waals surface area contributed by atoms with Gasteiger partial charge in [-0.25, -0.2) is 0 Å². The molecule has 0 radical (unpaired) electrons. The van der Waals surface area contributed by atoms with Crippen molar-refractivity contribution < 1.29 is 9.84 Å². The van der Waals surface area contributed by atoms with Gasteiger partial charge in [0.1, 0.15) is 0 Å². The Morgan fingerprint density at radius 1 is 1.38 bits per heavy atom. The number of aliphatic hydroxyl groups is 1. The van der Waals surface area contributed by atoms with Crippen LogP contribution in [-0.4, -0.2) is 24.9 Å². The van der Waals surface area contributed by atoms with Crippen molar-refractivity contribution in [3.05, 3.63) is 0 Å². The number of hydrogen-bond acceptors (Lipinski definition) is 2. The predicted octanol–water partition coefficient (Wildman–Crippen LogP) is 2.21. The van der Waals surface area contributed by atoms with Crippen molar-refractivity contribution in [3.63, 3.8) is 0 Å². The first kappa shape index (κ1) is 11.0. The van der Waals surface area contributed by atoms with E-state index in [4.69, 9.17) is 9.84 Å². The molecule has 0 spiro atoms. The van der Waals surface area contributed by atoms with Gasteiger partial charge in [0.15, 0.2) is 0 Å². The topological polar surface area (TPSA) is 29.5 Å². The highest BCUT2D eigenvalue weighted by molar-refractivity contribution is 5.00. The Kier molecular flexibility index (Phi) is 3.03. The zero-order valence-electron chi connectivity index (χ0n) is 9.26. The molecule has 1 saturated carbocycles.